The fourth-order valence-corrected chi connectivity index (χ4v) is 3.56. The smallest absolute Gasteiger partial charge is 0.326 e. The van der Waals surface area contributed by atoms with Gasteiger partial charge in [0, 0.05) is 35.3 Å². The minimum absolute atomic E-state index is 0.00220. The van der Waals surface area contributed by atoms with E-state index in [1.165, 1.54) is 0 Å². The van der Waals surface area contributed by atoms with Gasteiger partial charge in [-0.3, -0.25) is 4.79 Å². The summed E-state index contributed by atoms with van der Waals surface area (Å²) >= 11 is 0. The highest BCUT2D eigenvalue weighted by Crippen LogP contribution is 2.49. The molecule has 1 aromatic rings. The first-order chi connectivity index (χ1) is 9.46. The molecule has 2 aliphatic heterocycles. The van der Waals surface area contributed by atoms with Crippen molar-refractivity contribution in [1.29, 1.82) is 0 Å². The van der Waals surface area contributed by atoms with E-state index in [2.05, 4.69) is 5.32 Å². The van der Waals surface area contributed by atoms with Crippen LogP contribution in [-0.2, 0) is 15.0 Å². The summed E-state index contributed by atoms with van der Waals surface area (Å²) in [7, 11) is 0. The lowest BCUT2D eigenvalue weighted by Gasteiger charge is -2.31. The Bertz CT molecular complexity index is 599. The topological polar surface area (TPSA) is 69.6 Å². The van der Waals surface area contributed by atoms with Crippen molar-refractivity contribution in [3.05, 3.63) is 23.8 Å². The number of carbonyl (C=O) groups is 2. The third kappa shape index (κ3) is 1.69. The second-order valence-electron chi connectivity index (χ2n) is 5.88. The molecule has 0 saturated heterocycles. The third-order valence-electron chi connectivity index (χ3n) is 4.35. The molecule has 0 aromatic heterocycles. The molecular weight excluding hydrogens is 256 g/mol. The Morgan fingerprint density at radius 3 is 2.95 bits per heavy atom. The van der Waals surface area contributed by atoms with Gasteiger partial charge in [-0.25, -0.2) is 4.79 Å². The van der Waals surface area contributed by atoms with Crippen LogP contribution >= 0.6 is 0 Å². The monoisotopic (exact) mass is 274 g/mol. The van der Waals surface area contributed by atoms with E-state index >= 15 is 0 Å². The van der Waals surface area contributed by atoms with Gasteiger partial charge in [0.25, 0.3) is 0 Å². The number of hydrogen-bond acceptors (Lipinski definition) is 3. The highest BCUT2D eigenvalue weighted by molar-refractivity contribution is 5.98. The van der Waals surface area contributed by atoms with Gasteiger partial charge in [0.1, 0.15) is 6.04 Å². The van der Waals surface area contributed by atoms with Gasteiger partial charge in [-0.2, -0.15) is 0 Å². The van der Waals surface area contributed by atoms with Crippen LogP contribution in [-0.4, -0.2) is 29.6 Å². The molecule has 0 bridgehead atoms. The second-order valence-corrected chi connectivity index (χ2v) is 5.88. The summed E-state index contributed by atoms with van der Waals surface area (Å²) in [6.07, 6.45) is 0.944. The Labute approximate surface area is 117 Å². The van der Waals surface area contributed by atoms with E-state index in [4.69, 9.17) is 0 Å². The Hall–Kier alpha value is -2.04. The van der Waals surface area contributed by atoms with Gasteiger partial charge in [-0.05, 0) is 18.6 Å². The molecule has 106 valence electrons. The summed E-state index contributed by atoms with van der Waals surface area (Å²) in [5, 5.41) is 12.3. The summed E-state index contributed by atoms with van der Waals surface area (Å²) in [5.41, 5.74) is 2.56. The van der Waals surface area contributed by atoms with Crippen LogP contribution in [0.25, 0.3) is 0 Å². The number of benzene rings is 1. The number of rotatable bonds is 3. The Morgan fingerprint density at radius 2 is 2.30 bits per heavy atom. The van der Waals surface area contributed by atoms with Crippen LogP contribution in [0.2, 0.25) is 0 Å². The average molecular weight is 274 g/mol. The fourth-order valence-electron chi connectivity index (χ4n) is 3.56. The summed E-state index contributed by atoms with van der Waals surface area (Å²) < 4.78 is 0. The van der Waals surface area contributed by atoms with Crippen LogP contribution < -0.4 is 10.2 Å². The van der Waals surface area contributed by atoms with Crippen molar-refractivity contribution >= 4 is 23.3 Å². The van der Waals surface area contributed by atoms with Crippen molar-refractivity contribution in [3.8, 4) is 0 Å². The molecule has 2 aliphatic rings. The SMILES string of the molecule is CCC(C(=O)O)N1CC2(C)CC(=O)Nc3cccc1c32. The fraction of sp³-hybridized carbons (Fsp3) is 0.467. The lowest BCUT2D eigenvalue weighted by molar-refractivity contribution is -0.138. The number of anilines is 2. The summed E-state index contributed by atoms with van der Waals surface area (Å²) in [6, 6.07) is 5.17. The molecule has 2 N–H and O–H groups in total. The lowest BCUT2D eigenvalue weighted by Crippen LogP contribution is -2.44. The van der Waals surface area contributed by atoms with E-state index in [0.29, 0.717) is 19.4 Å². The number of amides is 1. The van der Waals surface area contributed by atoms with Gasteiger partial charge in [0.15, 0.2) is 0 Å². The van der Waals surface area contributed by atoms with E-state index in [-0.39, 0.29) is 11.3 Å². The highest BCUT2D eigenvalue weighted by Gasteiger charge is 2.47. The zero-order valence-electron chi connectivity index (χ0n) is 11.6. The number of hydrogen-bond donors (Lipinski definition) is 2. The van der Waals surface area contributed by atoms with Crippen molar-refractivity contribution in [2.24, 2.45) is 0 Å². The maximum atomic E-state index is 11.9. The number of carboxylic acids is 1. The molecule has 0 radical (unpaired) electrons. The van der Waals surface area contributed by atoms with E-state index < -0.39 is 12.0 Å². The Kier molecular flexibility index (Phi) is 2.74. The van der Waals surface area contributed by atoms with Gasteiger partial charge in [-0.15, -0.1) is 0 Å². The first-order valence-corrected chi connectivity index (χ1v) is 6.89. The largest absolute Gasteiger partial charge is 0.480 e. The summed E-state index contributed by atoms with van der Waals surface area (Å²) in [4.78, 5) is 25.3. The number of nitrogens with zero attached hydrogens (tertiary/aromatic N) is 1. The first kappa shape index (κ1) is 13.0. The zero-order chi connectivity index (χ0) is 14.5. The molecule has 0 saturated carbocycles. The minimum atomic E-state index is -0.813. The van der Waals surface area contributed by atoms with Gasteiger partial charge in [-0.1, -0.05) is 19.9 Å². The van der Waals surface area contributed by atoms with Gasteiger partial charge in [0.05, 0.1) is 0 Å². The van der Waals surface area contributed by atoms with Crippen LogP contribution in [0.1, 0.15) is 32.3 Å². The van der Waals surface area contributed by atoms with Gasteiger partial charge in [0.2, 0.25) is 5.91 Å². The molecule has 0 aliphatic carbocycles. The summed E-state index contributed by atoms with van der Waals surface area (Å²) in [5.74, 6) is -0.811. The van der Waals surface area contributed by atoms with Crippen molar-refractivity contribution in [2.45, 2.75) is 38.1 Å². The maximum Gasteiger partial charge on any atom is 0.326 e. The maximum absolute atomic E-state index is 11.9. The molecule has 5 nitrogen and oxygen atoms in total. The molecule has 2 heterocycles. The van der Waals surface area contributed by atoms with Crippen LogP contribution in [0.15, 0.2) is 18.2 Å². The number of carboxylic acid groups (broad SMARTS) is 1. The average Bonchev–Trinajstić information content (AvgIpc) is 2.64. The molecule has 3 rings (SSSR count). The van der Waals surface area contributed by atoms with E-state index in [1.807, 2.05) is 36.9 Å². The minimum Gasteiger partial charge on any atom is -0.480 e. The molecule has 20 heavy (non-hydrogen) atoms. The molecule has 1 aromatic carbocycles. The van der Waals surface area contributed by atoms with Crippen molar-refractivity contribution < 1.29 is 14.7 Å². The first-order valence-electron chi connectivity index (χ1n) is 6.89. The van der Waals surface area contributed by atoms with E-state index in [9.17, 15) is 14.7 Å². The standard InChI is InChI=1S/C15H18N2O3/c1-3-10(14(19)20)17-8-15(2)7-12(18)16-9-5-4-6-11(17)13(9)15/h4-6,10H,3,7-8H2,1-2H3,(H,16,18)(H,19,20). The number of nitrogens with one attached hydrogen (secondary N) is 1. The van der Waals surface area contributed by atoms with E-state index in [0.717, 1.165) is 16.9 Å². The molecule has 2 atom stereocenters. The zero-order valence-corrected chi connectivity index (χ0v) is 11.6. The molecule has 0 spiro atoms. The summed E-state index contributed by atoms with van der Waals surface area (Å²) in [6.45, 7) is 4.50. The third-order valence-corrected chi connectivity index (χ3v) is 4.35. The van der Waals surface area contributed by atoms with Gasteiger partial charge >= 0.3 is 5.97 Å². The second kappa shape index (κ2) is 4.23. The lowest BCUT2D eigenvalue weighted by atomic mass is 9.78. The van der Waals surface area contributed by atoms with Crippen LogP contribution in [0.5, 0.6) is 0 Å². The predicted octanol–water partition coefficient (Wildman–Crippen LogP) is 1.97. The van der Waals surface area contributed by atoms with Gasteiger partial charge < -0.3 is 15.3 Å². The molecular formula is C15H18N2O3. The predicted molar refractivity (Wildman–Crippen MR) is 76.1 cm³/mol. The molecule has 2 unspecified atom stereocenters. The quantitative estimate of drug-likeness (QED) is 0.884. The van der Waals surface area contributed by atoms with Crippen molar-refractivity contribution in [1.82, 2.24) is 0 Å². The highest BCUT2D eigenvalue weighted by atomic mass is 16.4. The Balaban J connectivity index is 2.13. The molecule has 5 heteroatoms. The van der Waals surface area contributed by atoms with Crippen LogP contribution in [0.3, 0.4) is 0 Å². The van der Waals surface area contributed by atoms with Crippen LogP contribution in [0.4, 0.5) is 11.4 Å². The van der Waals surface area contributed by atoms with Crippen molar-refractivity contribution in [3.63, 3.8) is 0 Å². The van der Waals surface area contributed by atoms with Crippen molar-refractivity contribution in [2.75, 3.05) is 16.8 Å². The number of carbonyl (C=O) groups excluding carboxylic acids is 1. The molecule has 0 fully saturated rings. The van der Waals surface area contributed by atoms with Crippen LogP contribution in [0, 0.1) is 0 Å². The van der Waals surface area contributed by atoms with E-state index in [1.54, 1.807) is 0 Å². The molecule has 1 amide bonds. The number of aliphatic carboxylic acids is 1. The Morgan fingerprint density at radius 1 is 1.55 bits per heavy atom. The normalized spacial score (nSPS) is 25.1.